The lowest BCUT2D eigenvalue weighted by Crippen LogP contribution is -2.24. The Kier molecular flexibility index (Phi) is 5.19. The summed E-state index contributed by atoms with van der Waals surface area (Å²) in [6, 6.07) is 2.52. The van der Waals surface area contributed by atoms with Gasteiger partial charge in [0, 0.05) is 24.3 Å². The number of rotatable bonds is 2. The van der Waals surface area contributed by atoms with Crippen molar-refractivity contribution < 1.29 is 0 Å². The minimum absolute atomic E-state index is 0.536. The highest BCUT2D eigenvalue weighted by atomic mass is 15.2. The van der Waals surface area contributed by atoms with E-state index in [9.17, 15) is 0 Å². The summed E-state index contributed by atoms with van der Waals surface area (Å²) in [6.07, 6.45) is 2.80. The van der Waals surface area contributed by atoms with Crippen molar-refractivity contribution in [1.29, 1.82) is 0 Å². The van der Waals surface area contributed by atoms with E-state index >= 15 is 0 Å². The number of hydrogen-bond donors (Lipinski definition) is 1. The average Bonchev–Trinajstić information content (AvgIpc) is 2.67. The van der Waals surface area contributed by atoms with Crippen LogP contribution in [-0.4, -0.2) is 41.0 Å². The Morgan fingerprint density at radius 2 is 2.12 bits per heavy atom. The SMILES string of the molecule is CC.Cc1cc(NC2CCN(C)C2)ncn1. The Morgan fingerprint density at radius 1 is 1.38 bits per heavy atom. The van der Waals surface area contributed by atoms with Gasteiger partial charge in [0.25, 0.3) is 0 Å². The van der Waals surface area contributed by atoms with Crippen molar-refractivity contribution in [2.45, 2.75) is 33.2 Å². The largest absolute Gasteiger partial charge is 0.366 e. The maximum atomic E-state index is 4.19. The van der Waals surface area contributed by atoms with Gasteiger partial charge in [-0.3, -0.25) is 0 Å². The first-order valence-electron chi connectivity index (χ1n) is 5.98. The first-order valence-corrected chi connectivity index (χ1v) is 5.98. The van der Waals surface area contributed by atoms with E-state index in [1.807, 2.05) is 26.8 Å². The van der Waals surface area contributed by atoms with Gasteiger partial charge in [0.1, 0.15) is 12.1 Å². The molecule has 2 rings (SSSR count). The summed E-state index contributed by atoms with van der Waals surface area (Å²) in [5.41, 5.74) is 1.01. The molecule has 1 atom stereocenters. The van der Waals surface area contributed by atoms with Crippen molar-refractivity contribution in [3.8, 4) is 0 Å². The van der Waals surface area contributed by atoms with E-state index in [0.717, 1.165) is 18.1 Å². The third kappa shape index (κ3) is 3.77. The number of likely N-dealkylation sites (N-methyl/N-ethyl adjacent to an activating group) is 1. The van der Waals surface area contributed by atoms with Crippen LogP contribution in [0, 0.1) is 6.92 Å². The highest BCUT2D eigenvalue weighted by Crippen LogP contribution is 2.12. The van der Waals surface area contributed by atoms with Gasteiger partial charge in [0.2, 0.25) is 0 Å². The fraction of sp³-hybridized carbons (Fsp3) is 0.667. The molecule has 1 unspecified atom stereocenters. The second-order valence-corrected chi connectivity index (χ2v) is 3.94. The maximum absolute atomic E-state index is 4.19. The third-order valence-corrected chi connectivity index (χ3v) is 2.55. The van der Waals surface area contributed by atoms with Gasteiger partial charge >= 0.3 is 0 Å². The van der Waals surface area contributed by atoms with E-state index in [1.54, 1.807) is 6.33 Å². The van der Waals surface area contributed by atoms with Crippen LogP contribution in [0.25, 0.3) is 0 Å². The maximum Gasteiger partial charge on any atom is 0.129 e. The molecule has 0 aromatic carbocycles. The lowest BCUT2D eigenvalue weighted by Gasteiger charge is -2.13. The van der Waals surface area contributed by atoms with Crippen LogP contribution in [0.3, 0.4) is 0 Å². The monoisotopic (exact) mass is 222 g/mol. The highest BCUT2D eigenvalue weighted by molar-refractivity contribution is 5.36. The molecule has 0 bridgehead atoms. The lowest BCUT2D eigenvalue weighted by molar-refractivity contribution is 0.414. The zero-order valence-corrected chi connectivity index (χ0v) is 10.7. The highest BCUT2D eigenvalue weighted by Gasteiger charge is 2.19. The molecule has 0 spiro atoms. The number of likely N-dealkylation sites (tertiary alicyclic amines) is 1. The van der Waals surface area contributed by atoms with E-state index in [-0.39, 0.29) is 0 Å². The second-order valence-electron chi connectivity index (χ2n) is 3.94. The predicted molar refractivity (Wildman–Crippen MR) is 67.6 cm³/mol. The van der Waals surface area contributed by atoms with Gasteiger partial charge in [-0.25, -0.2) is 9.97 Å². The molecule has 0 amide bonds. The summed E-state index contributed by atoms with van der Waals surface area (Å²) >= 11 is 0. The van der Waals surface area contributed by atoms with Gasteiger partial charge in [-0.1, -0.05) is 13.8 Å². The van der Waals surface area contributed by atoms with E-state index in [4.69, 9.17) is 0 Å². The molecule has 0 aliphatic carbocycles. The van der Waals surface area contributed by atoms with Crippen molar-refractivity contribution in [2.24, 2.45) is 0 Å². The average molecular weight is 222 g/mol. The molecule has 90 valence electrons. The molecule has 1 aliphatic rings. The zero-order chi connectivity index (χ0) is 12.0. The molecule has 4 heteroatoms. The normalized spacial score (nSPS) is 20.1. The van der Waals surface area contributed by atoms with Crippen molar-refractivity contribution in [2.75, 3.05) is 25.5 Å². The molecule has 1 saturated heterocycles. The number of aryl methyl sites for hydroxylation is 1. The van der Waals surface area contributed by atoms with Gasteiger partial charge in [-0.2, -0.15) is 0 Å². The van der Waals surface area contributed by atoms with E-state index in [2.05, 4.69) is 27.2 Å². The molecule has 1 N–H and O–H groups in total. The zero-order valence-electron chi connectivity index (χ0n) is 10.7. The first kappa shape index (κ1) is 12.9. The molecule has 16 heavy (non-hydrogen) atoms. The van der Waals surface area contributed by atoms with Gasteiger partial charge in [-0.05, 0) is 26.9 Å². The molecule has 4 nitrogen and oxygen atoms in total. The molecule has 1 aromatic rings. The van der Waals surface area contributed by atoms with Gasteiger partial charge in [-0.15, -0.1) is 0 Å². The van der Waals surface area contributed by atoms with Crippen molar-refractivity contribution >= 4 is 5.82 Å². The van der Waals surface area contributed by atoms with Crippen LogP contribution in [0.2, 0.25) is 0 Å². The first-order chi connectivity index (χ1) is 7.74. The molecule has 0 radical (unpaired) electrons. The third-order valence-electron chi connectivity index (χ3n) is 2.55. The van der Waals surface area contributed by atoms with Crippen molar-refractivity contribution in [1.82, 2.24) is 14.9 Å². The summed E-state index contributed by atoms with van der Waals surface area (Å²) in [7, 11) is 2.15. The van der Waals surface area contributed by atoms with Gasteiger partial charge in [0.15, 0.2) is 0 Å². The van der Waals surface area contributed by atoms with Gasteiger partial charge < -0.3 is 10.2 Å². The molecular weight excluding hydrogens is 200 g/mol. The fourth-order valence-corrected chi connectivity index (χ4v) is 1.80. The number of nitrogens with one attached hydrogen (secondary N) is 1. The van der Waals surface area contributed by atoms with Crippen molar-refractivity contribution in [3.05, 3.63) is 18.1 Å². The van der Waals surface area contributed by atoms with E-state index < -0.39 is 0 Å². The Balaban J connectivity index is 0.000000606. The Morgan fingerprint density at radius 3 is 2.69 bits per heavy atom. The van der Waals surface area contributed by atoms with Crippen LogP contribution >= 0.6 is 0 Å². The van der Waals surface area contributed by atoms with Crippen molar-refractivity contribution in [3.63, 3.8) is 0 Å². The standard InChI is InChI=1S/C10H16N4.C2H6/c1-8-5-10(12-7-11-8)13-9-3-4-14(2)6-9;1-2/h5,7,9H,3-4,6H2,1-2H3,(H,11,12,13);1-2H3. The Bertz CT molecular complexity index is 314. The molecular formula is C12H22N4. The predicted octanol–water partition coefficient (Wildman–Crippen LogP) is 1.93. The molecule has 1 fully saturated rings. The van der Waals surface area contributed by atoms with Crippen LogP contribution in [0.4, 0.5) is 5.82 Å². The topological polar surface area (TPSA) is 41.0 Å². The molecule has 0 saturated carbocycles. The number of nitrogens with zero attached hydrogens (tertiary/aromatic N) is 3. The summed E-state index contributed by atoms with van der Waals surface area (Å²) in [5.74, 6) is 0.942. The summed E-state index contributed by atoms with van der Waals surface area (Å²) in [5, 5.41) is 3.42. The Labute approximate surface area is 98.1 Å². The van der Waals surface area contributed by atoms with E-state index in [0.29, 0.717) is 6.04 Å². The number of aromatic nitrogens is 2. The summed E-state index contributed by atoms with van der Waals surface area (Å²) in [6.45, 7) is 8.25. The van der Waals surface area contributed by atoms with Crippen LogP contribution in [0.1, 0.15) is 26.0 Å². The number of hydrogen-bond acceptors (Lipinski definition) is 4. The van der Waals surface area contributed by atoms with Crippen LogP contribution < -0.4 is 5.32 Å². The smallest absolute Gasteiger partial charge is 0.129 e. The minimum Gasteiger partial charge on any atom is -0.366 e. The van der Waals surface area contributed by atoms with Crippen LogP contribution in [-0.2, 0) is 0 Å². The molecule has 2 heterocycles. The fourth-order valence-electron chi connectivity index (χ4n) is 1.80. The van der Waals surface area contributed by atoms with Crippen LogP contribution in [0.5, 0.6) is 0 Å². The minimum atomic E-state index is 0.536. The quantitative estimate of drug-likeness (QED) is 0.830. The van der Waals surface area contributed by atoms with Crippen LogP contribution in [0.15, 0.2) is 12.4 Å². The lowest BCUT2D eigenvalue weighted by atomic mass is 10.2. The number of anilines is 1. The summed E-state index contributed by atoms with van der Waals surface area (Å²) < 4.78 is 0. The molecule has 1 aliphatic heterocycles. The Hall–Kier alpha value is -1.16. The molecule has 1 aromatic heterocycles. The van der Waals surface area contributed by atoms with E-state index in [1.165, 1.54) is 13.0 Å². The van der Waals surface area contributed by atoms with Gasteiger partial charge in [0.05, 0.1) is 0 Å². The summed E-state index contributed by atoms with van der Waals surface area (Å²) in [4.78, 5) is 10.6. The second kappa shape index (κ2) is 6.43.